The van der Waals surface area contributed by atoms with Gasteiger partial charge in [-0.2, -0.15) is 0 Å². The van der Waals surface area contributed by atoms with Crippen LogP contribution in [-0.2, 0) is 4.79 Å². The van der Waals surface area contributed by atoms with Gasteiger partial charge in [0.1, 0.15) is 5.54 Å². The van der Waals surface area contributed by atoms with Crippen molar-refractivity contribution in [2.45, 2.75) is 31.2 Å². The van der Waals surface area contributed by atoms with E-state index < -0.39 is 11.5 Å². The van der Waals surface area contributed by atoms with E-state index in [1.54, 1.807) is 18.7 Å². The molecule has 1 aliphatic rings. The normalized spacial score (nSPS) is 35.3. The van der Waals surface area contributed by atoms with Crippen molar-refractivity contribution in [3.8, 4) is 0 Å². The molecule has 0 bridgehead atoms. The minimum absolute atomic E-state index is 0.0624. The second-order valence-electron chi connectivity index (χ2n) is 3.87. The Kier molecular flexibility index (Phi) is 2.17. The third-order valence-corrected chi connectivity index (χ3v) is 4.40. The molecule has 0 radical (unpaired) electrons. The standard InChI is InChI=1S/C8H15NO2S/c1-7(2)9(4)8(3,5-12-7)6(10)11/h5H2,1-4H3,(H,10,11). The van der Waals surface area contributed by atoms with Crippen molar-refractivity contribution in [1.29, 1.82) is 0 Å². The second kappa shape index (κ2) is 2.64. The number of thioether (sulfide) groups is 1. The maximum absolute atomic E-state index is 11.0. The number of carboxylic acids is 1. The highest BCUT2D eigenvalue weighted by Gasteiger charge is 2.50. The van der Waals surface area contributed by atoms with Crippen LogP contribution in [-0.4, -0.2) is 39.2 Å². The van der Waals surface area contributed by atoms with Gasteiger partial charge in [0, 0.05) is 5.75 Å². The first-order chi connectivity index (χ1) is 5.31. The predicted molar refractivity (Wildman–Crippen MR) is 50.3 cm³/mol. The fourth-order valence-corrected chi connectivity index (χ4v) is 2.66. The van der Waals surface area contributed by atoms with Crippen LogP contribution in [0.3, 0.4) is 0 Å². The largest absolute Gasteiger partial charge is 0.480 e. The molecule has 1 heterocycles. The molecule has 1 rings (SSSR count). The Hall–Kier alpha value is -0.220. The van der Waals surface area contributed by atoms with Crippen molar-refractivity contribution in [3.05, 3.63) is 0 Å². The Labute approximate surface area is 77.1 Å². The van der Waals surface area contributed by atoms with Gasteiger partial charge in [-0.3, -0.25) is 9.69 Å². The minimum atomic E-state index is -0.733. The molecule has 4 heteroatoms. The Morgan fingerprint density at radius 2 is 2.00 bits per heavy atom. The zero-order chi connectivity index (χ0) is 9.57. The molecule has 0 spiro atoms. The van der Waals surface area contributed by atoms with Crippen molar-refractivity contribution in [2.24, 2.45) is 0 Å². The summed E-state index contributed by atoms with van der Waals surface area (Å²) >= 11 is 1.69. The summed E-state index contributed by atoms with van der Waals surface area (Å²) in [7, 11) is 1.87. The SMILES string of the molecule is CN1C(C)(C)SCC1(C)C(=O)O. The number of nitrogens with zero attached hydrogens (tertiary/aromatic N) is 1. The summed E-state index contributed by atoms with van der Waals surface area (Å²) in [5.41, 5.74) is -0.700. The molecule has 1 aliphatic heterocycles. The average Bonchev–Trinajstić information content (AvgIpc) is 2.15. The molecule has 0 aromatic carbocycles. The summed E-state index contributed by atoms with van der Waals surface area (Å²) in [4.78, 5) is 12.8. The van der Waals surface area contributed by atoms with Crippen LogP contribution >= 0.6 is 11.8 Å². The number of likely N-dealkylation sites (N-methyl/N-ethyl adjacent to an activating group) is 1. The molecule has 0 aromatic rings. The first kappa shape index (κ1) is 9.86. The molecule has 1 atom stereocenters. The van der Waals surface area contributed by atoms with Crippen LogP contribution in [0.15, 0.2) is 0 Å². The lowest BCUT2D eigenvalue weighted by Gasteiger charge is -2.34. The highest BCUT2D eigenvalue weighted by Crippen LogP contribution is 2.43. The summed E-state index contributed by atoms with van der Waals surface area (Å²) in [5.74, 6) is -0.0747. The maximum atomic E-state index is 11.0. The predicted octanol–water partition coefficient (Wildman–Crippen LogP) is 1.24. The molecule has 70 valence electrons. The van der Waals surface area contributed by atoms with E-state index in [9.17, 15) is 4.79 Å². The number of hydrogen-bond donors (Lipinski definition) is 1. The van der Waals surface area contributed by atoms with E-state index in [0.717, 1.165) is 0 Å². The fraction of sp³-hybridized carbons (Fsp3) is 0.875. The summed E-state index contributed by atoms with van der Waals surface area (Å²) in [6.45, 7) is 5.87. The Balaban J connectivity index is 2.93. The zero-order valence-electron chi connectivity index (χ0n) is 7.92. The smallest absolute Gasteiger partial charge is 0.324 e. The van der Waals surface area contributed by atoms with Gasteiger partial charge in [0.25, 0.3) is 0 Å². The Morgan fingerprint density at radius 1 is 1.50 bits per heavy atom. The molecule has 3 nitrogen and oxygen atoms in total. The number of aliphatic carboxylic acids is 1. The van der Waals surface area contributed by atoms with E-state index in [1.165, 1.54) is 0 Å². The van der Waals surface area contributed by atoms with Crippen molar-refractivity contribution in [1.82, 2.24) is 4.90 Å². The maximum Gasteiger partial charge on any atom is 0.324 e. The van der Waals surface area contributed by atoms with Crippen LogP contribution in [0.2, 0.25) is 0 Å². The Morgan fingerprint density at radius 3 is 2.17 bits per heavy atom. The molecular formula is C8H15NO2S. The van der Waals surface area contributed by atoms with Crippen LogP contribution in [0.4, 0.5) is 0 Å². The zero-order valence-corrected chi connectivity index (χ0v) is 8.73. The van der Waals surface area contributed by atoms with Crippen LogP contribution in [0.5, 0.6) is 0 Å². The first-order valence-corrected chi connectivity index (χ1v) is 4.90. The van der Waals surface area contributed by atoms with Crippen molar-refractivity contribution >= 4 is 17.7 Å². The van der Waals surface area contributed by atoms with Gasteiger partial charge < -0.3 is 5.11 Å². The first-order valence-electron chi connectivity index (χ1n) is 3.92. The Bertz CT molecular complexity index is 217. The van der Waals surface area contributed by atoms with Gasteiger partial charge in [-0.15, -0.1) is 11.8 Å². The summed E-state index contributed by atoms with van der Waals surface area (Å²) in [6.07, 6.45) is 0. The lowest BCUT2D eigenvalue weighted by Crippen LogP contribution is -2.52. The lowest BCUT2D eigenvalue weighted by molar-refractivity contribution is -0.148. The number of carbonyl (C=O) groups is 1. The van der Waals surface area contributed by atoms with Crippen molar-refractivity contribution in [2.75, 3.05) is 12.8 Å². The van der Waals surface area contributed by atoms with Gasteiger partial charge >= 0.3 is 5.97 Å². The van der Waals surface area contributed by atoms with Gasteiger partial charge in [-0.1, -0.05) is 0 Å². The van der Waals surface area contributed by atoms with Crippen LogP contribution < -0.4 is 0 Å². The van der Waals surface area contributed by atoms with Crippen molar-refractivity contribution in [3.63, 3.8) is 0 Å². The van der Waals surface area contributed by atoms with Gasteiger partial charge in [0.15, 0.2) is 0 Å². The molecular weight excluding hydrogens is 174 g/mol. The van der Waals surface area contributed by atoms with Gasteiger partial charge in [0.05, 0.1) is 4.87 Å². The van der Waals surface area contributed by atoms with Gasteiger partial charge in [-0.05, 0) is 27.8 Å². The molecule has 1 unspecified atom stereocenters. The molecule has 1 fully saturated rings. The van der Waals surface area contributed by atoms with E-state index >= 15 is 0 Å². The molecule has 0 saturated carbocycles. The summed E-state index contributed by atoms with van der Waals surface area (Å²) in [5, 5.41) is 9.02. The van der Waals surface area contributed by atoms with E-state index in [1.807, 2.05) is 25.8 Å². The van der Waals surface area contributed by atoms with E-state index in [4.69, 9.17) is 5.11 Å². The molecule has 0 amide bonds. The third-order valence-electron chi connectivity index (χ3n) is 2.72. The molecule has 1 N–H and O–H groups in total. The lowest BCUT2D eigenvalue weighted by atomic mass is 10.0. The third kappa shape index (κ3) is 1.23. The van der Waals surface area contributed by atoms with Crippen molar-refractivity contribution < 1.29 is 9.90 Å². The van der Waals surface area contributed by atoms with E-state index in [-0.39, 0.29) is 4.87 Å². The van der Waals surface area contributed by atoms with E-state index in [0.29, 0.717) is 5.75 Å². The summed E-state index contributed by atoms with van der Waals surface area (Å²) < 4.78 is 0. The fourth-order valence-electron chi connectivity index (χ4n) is 1.31. The second-order valence-corrected chi connectivity index (χ2v) is 5.45. The minimum Gasteiger partial charge on any atom is -0.480 e. The highest BCUT2D eigenvalue weighted by atomic mass is 32.2. The van der Waals surface area contributed by atoms with Gasteiger partial charge in [-0.25, -0.2) is 0 Å². The van der Waals surface area contributed by atoms with Crippen LogP contribution in [0.1, 0.15) is 20.8 Å². The van der Waals surface area contributed by atoms with E-state index in [2.05, 4.69) is 0 Å². The molecule has 0 aliphatic carbocycles. The van der Waals surface area contributed by atoms with Crippen LogP contribution in [0, 0.1) is 0 Å². The van der Waals surface area contributed by atoms with Crippen LogP contribution in [0.25, 0.3) is 0 Å². The topological polar surface area (TPSA) is 40.5 Å². The van der Waals surface area contributed by atoms with Gasteiger partial charge in [0.2, 0.25) is 0 Å². The summed E-state index contributed by atoms with van der Waals surface area (Å²) in [6, 6.07) is 0. The number of hydrogen-bond acceptors (Lipinski definition) is 3. The molecule has 12 heavy (non-hydrogen) atoms. The monoisotopic (exact) mass is 189 g/mol. The highest BCUT2D eigenvalue weighted by molar-refractivity contribution is 8.00. The number of rotatable bonds is 1. The molecule has 1 saturated heterocycles. The average molecular weight is 189 g/mol. The number of carboxylic acid groups (broad SMARTS) is 1. The molecule has 0 aromatic heterocycles. The quantitative estimate of drug-likeness (QED) is 0.674.